The van der Waals surface area contributed by atoms with E-state index in [2.05, 4.69) is 16.4 Å². The lowest BCUT2D eigenvalue weighted by Crippen LogP contribution is -2.47. The van der Waals surface area contributed by atoms with Crippen LogP contribution in [-0.2, 0) is 12.8 Å². The molecule has 2 amide bonds. The summed E-state index contributed by atoms with van der Waals surface area (Å²) in [6.45, 7) is 1.13. The average Bonchev–Trinajstić information content (AvgIpc) is 3.07. The lowest BCUT2D eigenvalue weighted by molar-refractivity contribution is 0.127. The summed E-state index contributed by atoms with van der Waals surface area (Å²) in [6.07, 6.45) is 3.33. The highest BCUT2D eigenvalue weighted by Crippen LogP contribution is 2.29. The van der Waals surface area contributed by atoms with E-state index in [1.165, 1.54) is 5.56 Å². The number of benzene rings is 1. The number of rotatable bonds is 4. The van der Waals surface area contributed by atoms with Crippen molar-refractivity contribution in [3.8, 4) is 0 Å². The van der Waals surface area contributed by atoms with E-state index in [1.807, 2.05) is 23.6 Å². The Kier molecular flexibility index (Phi) is 4.70. The Bertz CT molecular complexity index is 630. The second-order valence-corrected chi connectivity index (χ2v) is 6.23. The highest BCUT2D eigenvalue weighted by Gasteiger charge is 2.29. The van der Waals surface area contributed by atoms with Gasteiger partial charge in [-0.2, -0.15) is 0 Å². The Hall–Kier alpha value is -1.92. The maximum atomic E-state index is 12.4. The molecule has 0 radical (unpaired) electrons. The van der Waals surface area contributed by atoms with Crippen LogP contribution in [0.5, 0.6) is 0 Å². The van der Waals surface area contributed by atoms with E-state index in [9.17, 15) is 9.90 Å². The van der Waals surface area contributed by atoms with Crippen LogP contribution >= 0.6 is 11.3 Å². The number of nitrogens with one attached hydrogen (secondary N) is 1. The van der Waals surface area contributed by atoms with Crippen molar-refractivity contribution in [2.45, 2.75) is 18.9 Å². The molecular formula is C16H19N3O2S. The highest BCUT2D eigenvalue weighted by atomic mass is 32.1. The molecule has 3 rings (SSSR count). The number of urea groups is 1. The van der Waals surface area contributed by atoms with E-state index in [0.717, 1.165) is 23.4 Å². The number of hydrogen-bond donors (Lipinski definition) is 2. The van der Waals surface area contributed by atoms with Crippen LogP contribution in [0.25, 0.3) is 0 Å². The van der Waals surface area contributed by atoms with Gasteiger partial charge in [-0.15, -0.1) is 11.3 Å². The van der Waals surface area contributed by atoms with Crippen LogP contribution < -0.4 is 5.32 Å². The van der Waals surface area contributed by atoms with Gasteiger partial charge in [-0.3, -0.25) is 0 Å². The Morgan fingerprint density at radius 1 is 1.45 bits per heavy atom. The third kappa shape index (κ3) is 3.13. The third-order valence-corrected chi connectivity index (χ3v) is 4.78. The lowest BCUT2D eigenvalue weighted by Gasteiger charge is -2.36. The van der Waals surface area contributed by atoms with Crippen LogP contribution in [0, 0.1) is 0 Å². The van der Waals surface area contributed by atoms with Gasteiger partial charge in [0.15, 0.2) is 0 Å². The normalized spacial score (nSPS) is 17.1. The standard InChI is InChI=1S/C16H19N3O2S/c20-11-14-13-4-2-1-3-12(13)6-9-19(14)16(21)18-7-5-15-17-8-10-22-15/h1-4,8,10,14,20H,5-7,9,11H2,(H,18,21)/t14-/m0/s1. The second-order valence-electron chi connectivity index (χ2n) is 5.25. The van der Waals surface area contributed by atoms with Crippen LogP contribution in [0.1, 0.15) is 22.2 Å². The minimum absolute atomic E-state index is 0.0586. The van der Waals surface area contributed by atoms with Gasteiger partial charge in [0.1, 0.15) is 0 Å². The molecule has 0 aliphatic carbocycles. The predicted molar refractivity (Wildman–Crippen MR) is 85.9 cm³/mol. The largest absolute Gasteiger partial charge is 0.394 e. The van der Waals surface area contributed by atoms with Crippen molar-refractivity contribution in [2.75, 3.05) is 19.7 Å². The van der Waals surface area contributed by atoms with Gasteiger partial charge in [-0.25, -0.2) is 9.78 Å². The van der Waals surface area contributed by atoms with E-state index in [-0.39, 0.29) is 18.7 Å². The van der Waals surface area contributed by atoms with Gasteiger partial charge in [0.05, 0.1) is 17.7 Å². The quantitative estimate of drug-likeness (QED) is 0.906. The number of aliphatic hydroxyl groups excluding tert-OH is 1. The molecule has 0 spiro atoms. The number of carbonyl (C=O) groups excluding carboxylic acids is 1. The van der Waals surface area contributed by atoms with Crippen molar-refractivity contribution >= 4 is 17.4 Å². The van der Waals surface area contributed by atoms with Gasteiger partial charge >= 0.3 is 6.03 Å². The van der Waals surface area contributed by atoms with Crippen molar-refractivity contribution in [2.24, 2.45) is 0 Å². The minimum Gasteiger partial charge on any atom is -0.394 e. The molecule has 2 heterocycles. The fourth-order valence-electron chi connectivity index (χ4n) is 2.85. The van der Waals surface area contributed by atoms with Crippen molar-refractivity contribution in [1.82, 2.24) is 15.2 Å². The van der Waals surface area contributed by atoms with E-state index in [0.29, 0.717) is 13.1 Å². The number of amides is 2. The Morgan fingerprint density at radius 3 is 3.09 bits per heavy atom. The zero-order chi connectivity index (χ0) is 15.4. The molecule has 2 aromatic rings. The van der Waals surface area contributed by atoms with Gasteiger partial charge in [0, 0.05) is 31.1 Å². The topological polar surface area (TPSA) is 65.5 Å². The minimum atomic E-state index is -0.259. The van der Waals surface area contributed by atoms with Crippen molar-refractivity contribution in [3.63, 3.8) is 0 Å². The number of aliphatic hydroxyl groups is 1. The van der Waals surface area contributed by atoms with Crippen molar-refractivity contribution in [3.05, 3.63) is 52.0 Å². The van der Waals surface area contributed by atoms with Crippen molar-refractivity contribution < 1.29 is 9.90 Å². The molecule has 5 nitrogen and oxygen atoms in total. The lowest BCUT2D eigenvalue weighted by atomic mass is 9.93. The van der Waals surface area contributed by atoms with Gasteiger partial charge < -0.3 is 15.3 Å². The summed E-state index contributed by atoms with van der Waals surface area (Å²) in [5.41, 5.74) is 2.26. The molecule has 0 saturated heterocycles. The fourth-order valence-corrected chi connectivity index (χ4v) is 3.47. The molecule has 1 aromatic heterocycles. The summed E-state index contributed by atoms with van der Waals surface area (Å²) in [4.78, 5) is 18.3. The van der Waals surface area contributed by atoms with Crippen LogP contribution in [-0.4, -0.2) is 40.7 Å². The molecule has 1 aliphatic rings. The van der Waals surface area contributed by atoms with Gasteiger partial charge in [0.2, 0.25) is 0 Å². The highest BCUT2D eigenvalue weighted by molar-refractivity contribution is 7.09. The first-order chi connectivity index (χ1) is 10.8. The SMILES string of the molecule is O=C(NCCc1nccs1)N1CCc2ccccc2[C@@H]1CO. The molecule has 0 saturated carbocycles. The zero-order valence-corrected chi connectivity index (χ0v) is 13.1. The first-order valence-electron chi connectivity index (χ1n) is 7.41. The van der Waals surface area contributed by atoms with Crippen LogP contribution in [0.2, 0.25) is 0 Å². The number of aromatic nitrogens is 1. The second kappa shape index (κ2) is 6.89. The molecule has 0 bridgehead atoms. The first-order valence-corrected chi connectivity index (χ1v) is 8.29. The van der Waals surface area contributed by atoms with Crippen LogP contribution in [0.4, 0.5) is 4.79 Å². The van der Waals surface area contributed by atoms with Gasteiger partial charge in [0.25, 0.3) is 0 Å². The summed E-state index contributed by atoms with van der Waals surface area (Å²) < 4.78 is 0. The molecule has 1 aromatic carbocycles. The monoisotopic (exact) mass is 317 g/mol. The number of hydrogen-bond acceptors (Lipinski definition) is 4. The van der Waals surface area contributed by atoms with E-state index >= 15 is 0 Å². The number of fused-ring (bicyclic) bond motifs is 1. The van der Waals surface area contributed by atoms with E-state index in [1.54, 1.807) is 22.4 Å². The molecule has 0 fully saturated rings. The molecule has 22 heavy (non-hydrogen) atoms. The number of thiazole rings is 1. The number of nitrogens with zero attached hydrogens (tertiary/aromatic N) is 2. The van der Waals surface area contributed by atoms with E-state index in [4.69, 9.17) is 0 Å². The maximum absolute atomic E-state index is 12.4. The summed E-state index contributed by atoms with van der Waals surface area (Å²) in [6, 6.07) is 7.62. The molecule has 6 heteroatoms. The Balaban J connectivity index is 1.62. The molecule has 2 N–H and O–H groups in total. The van der Waals surface area contributed by atoms with Gasteiger partial charge in [-0.05, 0) is 17.5 Å². The smallest absolute Gasteiger partial charge is 0.318 e. The Morgan fingerprint density at radius 2 is 2.32 bits per heavy atom. The number of carbonyl (C=O) groups is 1. The molecule has 1 atom stereocenters. The molecule has 1 aliphatic heterocycles. The summed E-state index contributed by atoms with van der Waals surface area (Å²) in [5, 5.41) is 15.6. The zero-order valence-electron chi connectivity index (χ0n) is 12.2. The molecule has 116 valence electrons. The fraction of sp³-hybridized carbons (Fsp3) is 0.375. The van der Waals surface area contributed by atoms with Crippen LogP contribution in [0.15, 0.2) is 35.8 Å². The average molecular weight is 317 g/mol. The predicted octanol–water partition coefficient (Wildman–Crippen LogP) is 1.99. The molecule has 0 unspecified atom stereocenters. The molecular weight excluding hydrogens is 298 g/mol. The van der Waals surface area contributed by atoms with Gasteiger partial charge in [-0.1, -0.05) is 24.3 Å². The van der Waals surface area contributed by atoms with Crippen molar-refractivity contribution in [1.29, 1.82) is 0 Å². The Labute approximate surface area is 133 Å². The maximum Gasteiger partial charge on any atom is 0.318 e. The summed E-state index contributed by atoms with van der Waals surface area (Å²) in [7, 11) is 0. The summed E-state index contributed by atoms with van der Waals surface area (Å²) in [5.74, 6) is 0. The van der Waals surface area contributed by atoms with E-state index < -0.39 is 0 Å². The van der Waals surface area contributed by atoms with Crippen LogP contribution in [0.3, 0.4) is 0 Å². The third-order valence-electron chi connectivity index (χ3n) is 3.94. The summed E-state index contributed by atoms with van der Waals surface area (Å²) >= 11 is 1.59. The first kappa shape index (κ1) is 15.0.